The normalized spacial score (nSPS) is 22.3. The minimum absolute atomic E-state index is 0.0275. The molecule has 1 aromatic carbocycles. The summed E-state index contributed by atoms with van der Waals surface area (Å²) in [7, 11) is 1.71. The number of hydrogen-bond acceptors (Lipinski definition) is 5. The molecule has 0 radical (unpaired) electrons. The Kier molecular flexibility index (Phi) is 4.68. The number of rotatable bonds is 5. The van der Waals surface area contributed by atoms with E-state index in [0.29, 0.717) is 6.54 Å². The van der Waals surface area contributed by atoms with E-state index in [2.05, 4.69) is 21.2 Å². The van der Waals surface area contributed by atoms with Gasteiger partial charge in [0, 0.05) is 32.7 Å². The van der Waals surface area contributed by atoms with Gasteiger partial charge in [0.15, 0.2) is 0 Å². The Labute approximate surface area is 131 Å². The van der Waals surface area contributed by atoms with Gasteiger partial charge >= 0.3 is 6.09 Å². The van der Waals surface area contributed by atoms with E-state index in [1.165, 1.54) is 5.69 Å². The Morgan fingerprint density at radius 3 is 2.73 bits per heavy atom. The van der Waals surface area contributed by atoms with Gasteiger partial charge in [0.2, 0.25) is 0 Å². The molecular formula is C16H23N3O3. The summed E-state index contributed by atoms with van der Waals surface area (Å²) in [6.07, 6.45) is 0.638. The van der Waals surface area contributed by atoms with Crippen molar-refractivity contribution in [3.05, 3.63) is 24.3 Å². The van der Waals surface area contributed by atoms with Crippen LogP contribution in [0.4, 0.5) is 10.5 Å². The van der Waals surface area contributed by atoms with Gasteiger partial charge in [0.1, 0.15) is 11.9 Å². The van der Waals surface area contributed by atoms with E-state index in [-0.39, 0.29) is 12.2 Å². The number of hydrogen-bond donors (Lipinski definition) is 1. The first-order valence-corrected chi connectivity index (χ1v) is 7.81. The van der Waals surface area contributed by atoms with Crippen molar-refractivity contribution in [2.75, 3.05) is 51.3 Å². The Hall–Kier alpha value is -1.95. The Bertz CT molecular complexity index is 515. The van der Waals surface area contributed by atoms with Gasteiger partial charge in [0.05, 0.1) is 19.3 Å². The van der Waals surface area contributed by atoms with Crippen molar-refractivity contribution in [1.82, 2.24) is 10.2 Å². The second kappa shape index (κ2) is 6.87. The van der Waals surface area contributed by atoms with Gasteiger partial charge in [-0.1, -0.05) is 12.1 Å². The number of benzene rings is 1. The molecule has 1 unspecified atom stereocenters. The van der Waals surface area contributed by atoms with Gasteiger partial charge in [-0.05, 0) is 18.6 Å². The van der Waals surface area contributed by atoms with Crippen molar-refractivity contribution in [2.24, 2.45) is 0 Å². The summed E-state index contributed by atoms with van der Waals surface area (Å²) in [5, 5.41) is 2.70. The maximum atomic E-state index is 11.0. The summed E-state index contributed by atoms with van der Waals surface area (Å²) in [6, 6.07) is 8.16. The summed E-state index contributed by atoms with van der Waals surface area (Å²) >= 11 is 0. The van der Waals surface area contributed by atoms with E-state index < -0.39 is 0 Å². The van der Waals surface area contributed by atoms with Crippen LogP contribution in [0.3, 0.4) is 0 Å². The standard InChI is InChI=1S/C16H23N3O3/c1-21-15-5-3-2-4-14(15)19-10-8-18(9-11-19)7-6-13-12-17-16(20)22-13/h2-5,13H,6-12H2,1H3,(H,17,20). The zero-order valence-electron chi connectivity index (χ0n) is 13.0. The molecule has 1 N–H and O–H groups in total. The highest BCUT2D eigenvalue weighted by Crippen LogP contribution is 2.28. The zero-order chi connectivity index (χ0) is 15.4. The smallest absolute Gasteiger partial charge is 0.407 e. The molecule has 3 rings (SSSR count). The molecule has 0 saturated carbocycles. The summed E-state index contributed by atoms with van der Waals surface area (Å²) < 4.78 is 10.6. The van der Waals surface area contributed by atoms with E-state index in [1.54, 1.807) is 7.11 Å². The van der Waals surface area contributed by atoms with Crippen LogP contribution >= 0.6 is 0 Å². The van der Waals surface area contributed by atoms with Crippen LogP contribution in [-0.4, -0.2) is 63.5 Å². The average Bonchev–Trinajstić information content (AvgIpc) is 2.99. The molecule has 1 aromatic rings. The number of methoxy groups -OCH3 is 1. The fourth-order valence-electron chi connectivity index (χ4n) is 3.02. The zero-order valence-corrected chi connectivity index (χ0v) is 13.0. The second-order valence-corrected chi connectivity index (χ2v) is 5.70. The summed E-state index contributed by atoms with van der Waals surface area (Å²) in [6.45, 7) is 5.63. The van der Waals surface area contributed by atoms with Crippen molar-refractivity contribution in [3.8, 4) is 5.75 Å². The first kappa shape index (κ1) is 15.0. The van der Waals surface area contributed by atoms with E-state index in [0.717, 1.165) is 44.9 Å². The fraction of sp³-hybridized carbons (Fsp3) is 0.562. The van der Waals surface area contributed by atoms with Gasteiger partial charge in [-0.3, -0.25) is 4.90 Å². The molecule has 2 aliphatic rings. The quantitative estimate of drug-likeness (QED) is 0.889. The van der Waals surface area contributed by atoms with Gasteiger partial charge in [-0.2, -0.15) is 0 Å². The van der Waals surface area contributed by atoms with Gasteiger partial charge in [-0.15, -0.1) is 0 Å². The highest BCUT2D eigenvalue weighted by atomic mass is 16.6. The topological polar surface area (TPSA) is 54.0 Å². The summed E-state index contributed by atoms with van der Waals surface area (Å²) in [5.74, 6) is 0.930. The molecule has 1 amide bonds. The first-order chi connectivity index (χ1) is 10.8. The number of anilines is 1. The van der Waals surface area contributed by atoms with Crippen molar-refractivity contribution in [3.63, 3.8) is 0 Å². The van der Waals surface area contributed by atoms with Crippen LogP contribution < -0.4 is 15.0 Å². The minimum Gasteiger partial charge on any atom is -0.495 e. The molecule has 6 heteroatoms. The van der Waals surface area contributed by atoms with Crippen LogP contribution in [-0.2, 0) is 4.74 Å². The fourth-order valence-corrected chi connectivity index (χ4v) is 3.02. The van der Waals surface area contributed by atoms with E-state index in [9.17, 15) is 4.79 Å². The number of ether oxygens (including phenoxy) is 2. The number of carbonyl (C=O) groups excluding carboxylic acids is 1. The summed E-state index contributed by atoms with van der Waals surface area (Å²) in [4.78, 5) is 15.8. The largest absolute Gasteiger partial charge is 0.495 e. The molecule has 120 valence electrons. The van der Waals surface area contributed by atoms with Crippen molar-refractivity contribution in [2.45, 2.75) is 12.5 Å². The number of piperazine rings is 1. The first-order valence-electron chi connectivity index (χ1n) is 7.81. The van der Waals surface area contributed by atoms with Crippen molar-refractivity contribution >= 4 is 11.8 Å². The second-order valence-electron chi connectivity index (χ2n) is 5.70. The van der Waals surface area contributed by atoms with Crippen LogP contribution in [0.1, 0.15) is 6.42 Å². The number of cyclic esters (lactones) is 1. The van der Waals surface area contributed by atoms with Gasteiger partial charge < -0.3 is 19.7 Å². The maximum absolute atomic E-state index is 11.0. The molecule has 0 bridgehead atoms. The highest BCUT2D eigenvalue weighted by Gasteiger charge is 2.24. The van der Waals surface area contributed by atoms with E-state index in [4.69, 9.17) is 9.47 Å². The van der Waals surface area contributed by atoms with Gasteiger partial charge in [-0.25, -0.2) is 4.79 Å². The lowest BCUT2D eigenvalue weighted by Crippen LogP contribution is -2.47. The Morgan fingerprint density at radius 1 is 1.27 bits per heavy atom. The van der Waals surface area contributed by atoms with E-state index in [1.807, 2.05) is 18.2 Å². The number of carbonyl (C=O) groups is 1. The number of amides is 1. The van der Waals surface area contributed by atoms with Crippen LogP contribution in [0.25, 0.3) is 0 Å². The monoisotopic (exact) mass is 305 g/mol. The molecular weight excluding hydrogens is 282 g/mol. The van der Waals surface area contributed by atoms with Crippen LogP contribution in [0.15, 0.2) is 24.3 Å². The molecule has 2 saturated heterocycles. The predicted octanol–water partition coefficient (Wildman–Crippen LogP) is 1.32. The van der Waals surface area contributed by atoms with Crippen molar-refractivity contribution in [1.29, 1.82) is 0 Å². The third-order valence-electron chi connectivity index (χ3n) is 4.31. The lowest BCUT2D eigenvalue weighted by atomic mass is 10.2. The third-order valence-corrected chi connectivity index (χ3v) is 4.31. The molecule has 6 nitrogen and oxygen atoms in total. The molecule has 0 aromatic heterocycles. The molecule has 0 aliphatic carbocycles. The lowest BCUT2D eigenvalue weighted by molar-refractivity contribution is 0.124. The molecule has 0 spiro atoms. The molecule has 2 heterocycles. The van der Waals surface area contributed by atoms with Crippen molar-refractivity contribution < 1.29 is 14.3 Å². The van der Waals surface area contributed by atoms with Crippen LogP contribution in [0.2, 0.25) is 0 Å². The number of alkyl carbamates (subject to hydrolysis) is 1. The van der Waals surface area contributed by atoms with Gasteiger partial charge in [0.25, 0.3) is 0 Å². The highest BCUT2D eigenvalue weighted by molar-refractivity contribution is 5.69. The Morgan fingerprint density at radius 2 is 2.05 bits per heavy atom. The summed E-state index contributed by atoms with van der Waals surface area (Å²) in [5.41, 5.74) is 1.17. The van der Waals surface area contributed by atoms with Crippen LogP contribution in [0.5, 0.6) is 5.75 Å². The third kappa shape index (κ3) is 3.44. The average molecular weight is 305 g/mol. The van der Waals surface area contributed by atoms with E-state index >= 15 is 0 Å². The molecule has 2 fully saturated rings. The Balaban J connectivity index is 1.47. The number of para-hydroxylation sites is 2. The van der Waals surface area contributed by atoms with Crippen LogP contribution in [0, 0.1) is 0 Å². The maximum Gasteiger partial charge on any atom is 0.407 e. The molecule has 1 atom stereocenters. The predicted molar refractivity (Wildman–Crippen MR) is 84.5 cm³/mol. The SMILES string of the molecule is COc1ccccc1N1CCN(CCC2CNC(=O)O2)CC1. The lowest BCUT2D eigenvalue weighted by Gasteiger charge is -2.36. The molecule has 22 heavy (non-hydrogen) atoms. The molecule has 2 aliphatic heterocycles. The number of nitrogens with one attached hydrogen (secondary N) is 1. The minimum atomic E-state index is -0.286. The number of nitrogens with zero attached hydrogens (tertiary/aromatic N) is 2.